The second-order valence-corrected chi connectivity index (χ2v) is 4.76. The van der Waals surface area contributed by atoms with Crippen LogP contribution in [0.2, 0.25) is 0 Å². The van der Waals surface area contributed by atoms with E-state index < -0.39 is 5.54 Å². The minimum Gasteiger partial charge on any atom is -0.376 e. The van der Waals surface area contributed by atoms with Gasteiger partial charge in [0.05, 0.1) is 18.8 Å². The van der Waals surface area contributed by atoms with E-state index in [9.17, 15) is 4.79 Å². The first-order valence-electron chi connectivity index (χ1n) is 6.33. The average Bonchev–Trinajstić information content (AvgIpc) is 2.23. The van der Waals surface area contributed by atoms with Crippen LogP contribution in [0.1, 0.15) is 33.1 Å². The lowest BCUT2D eigenvalue weighted by molar-refractivity contribution is -0.132. The van der Waals surface area contributed by atoms with E-state index in [0.717, 1.165) is 19.4 Å². The van der Waals surface area contributed by atoms with E-state index in [0.29, 0.717) is 26.2 Å². The molecule has 1 heterocycles. The Kier molecular flexibility index (Phi) is 5.88. The molecule has 1 aliphatic heterocycles. The lowest BCUT2D eigenvalue weighted by Crippen LogP contribution is -2.53. The summed E-state index contributed by atoms with van der Waals surface area (Å²) in [5, 5.41) is 3.21. The number of carbonyl (C=O) groups excluding carboxylic acids is 1. The van der Waals surface area contributed by atoms with Crippen LogP contribution in [0.15, 0.2) is 0 Å². The summed E-state index contributed by atoms with van der Waals surface area (Å²) in [6, 6.07) is 0. The van der Waals surface area contributed by atoms with Gasteiger partial charge in [-0.2, -0.15) is 0 Å². The Hall–Kier alpha value is -0.650. The van der Waals surface area contributed by atoms with Crippen LogP contribution in [0.4, 0.5) is 0 Å². The molecular weight excluding hydrogens is 220 g/mol. The molecule has 0 aromatic rings. The van der Waals surface area contributed by atoms with Crippen LogP contribution in [0, 0.1) is 0 Å². The highest BCUT2D eigenvalue weighted by molar-refractivity contribution is 5.84. The van der Waals surface area contributed by atoms with Crippen LogP contribution in [0.3, 0.4) is 0 Å². The Bertz CT molecular complexity index is 244. The van der Waals surface area contributed by atoms with E-state index in [-0.39, 0.29) is 12.0 Å². The SMILES string of the molecule is CCCNC(C)(CCCOC1COC1)C(N)=O. The molecule has 0 aromatic heterocycles. The molecule has 1 aliphatic rings. The summed E-state index contributed by atoms with van der Waals surface area (Å²) in [4.78, 5) is 11.4. The summed E-state index contributed by atoms with van der Waals surface area (Å²) >= 11 is 0. The molecular formula is C12H24N2O3. The standard InChI is InChI=1S/C12H24N2O3/c1-3-6-14-12(2,11(13)15)5-4-7-17-10-8-16-9-10/h10,14H,3-9H2,1-2H3,(H2,13,15). The normalized spacial score (nSPS) is 19.6. The lowest BCUT2D eigenvalue weighted by atomic mass is 9.95. The summed E-state index contributed by atoms with van der Waals surface area (Å²) in [5.41, 5.74) is 4.81. The van der Waals surface area contributed by atoms with Gasteiger partial charge >= 0.3 is 0 Å². The Labute approximate surface area is 103 Å². The highest BCUT2D eigenvalue weighted by Gasteiger charge is 2.29. The van der Waals surface area contributed by atoms with Gasteiger partial charge in [0.25, 0.3) is 0 Å². The molecule has 5 heteroatoms. The quantitative estimate of drug-likeness (QED) is 0.577. The van der Waals surface area contributed by atoms with E-state index in [4.69, 9.17) is 15.2 Å². The van der Waals surface area contributed by atoms with Crippen LogP contribution in [0.25, 0.3) is 0 Å². The van der Waals surface area contributed by atoms with Crippen molar-refractivity contribution in [2.24, 2.45) is 5.73 Å². The second-order valence-electron chi connectivity index (χ2n) is 4.76. The van der Waals surface area contributed by atoms with Crippen molar-refractivity contribution in [3.8, 4) is 0 Å². The Morgan fingerprint density at radius 1 is 1.59 bits per heavy atom. The van der Waals surface area contributed by atoms with Crippen molar-refractivity contribution in [2.75, 3.05) is 26.4 Å². The third-order valence-electron chi connectivity index (χ3n) is 3.09. The molecule has 1 rings (SSSR count). The predicted molar refractivity (Wildman–Crippen MR) is 65.7 cm³/mol. The van der Waals surface area contributed by atoms with Crippen LogP contribution >= 0.6 is 0 Å². The van der Waals surface area contributed by atoms with Crippen molar-refractivity contribution >= 4 is 5.91 Å². The first kappa shape index (κ1) is 14.4. The second kappa shape index (κ2) is 6.93. The van der Waals surface area contributed by atoms with Gasteiger partial charge in [-0.05, 0) is 32.7 Å². The molecule has 1 atom stereocenters. The minimum atomic E-state index is -0.616. The van der Waals surface area contributed by atoms with Crippen molar-refractivity contribution in [3.63, 3.8) is 0 Å². The molecule has 1 unspecified atom stereocenters. The van der Waals surface area contributed by atoms with Crippen molar-refractivity contribution in [2.45, 2.75) is 44.8 Å². The van der Waals surface area contributed by atoms with Gasteiger partial charge in [0, 0.05) is 6.61 Å². The molecule has 0 aromatic carbocycles. The number of rotatable bonds is 9. The maximum Gasteiger partial charge on any atom is 0.237 e. The van der Waals surface area contributed by atoms with Gasteiger partial charge in [0.1, 0.15) is 6.10 Å². The monoisotopic (exact) mass is 244 g/mol. The number of nitrogens with one attached hydrogen (secondary N) is 1. The molecule has 1 saturated heterocycles. The number of ether oxygens (including phenoxy) is 2. The third kappa shape index (κ3) is 4.61. The van der Waals surface area contributed by atoms with Gasteiger partial charge in [-0.3, -0.25) is 4.79 Å². The fourth-order valence-corrected chi connectivity index (χ4v) is 1.69. The molecule has 1 fully saturated rings. The predicted octanol–water partition coefficient (Wildman–Crippen LogP) is 0.426. The summed E-state index contributed by atoms with van der Waals surface area (Å²) in [6.07, 6.45) is 2.76. The smallest absolute Gasteiger partial charge is 0.237 e. The fraction of sp³-hybridized carbons (Fsp3) is 0.917. The number of hydrogen-bond acceptors (Lipinski definition) is 4. The highest BCUT2D eigenvalue weighted by atomic mass is 16.6. The third-order valence-corrected chi connectivity index (χ3v) is 3.09. The Balaban J connectivity index is 2.20. The van der Waals surface area contributed by atoms with Gasteiger partial charge in [0.15, 0.2) is 0 Å². The number of hydrogen-bond donors (Lipinski definition) is 2. The Morgan fingerprint density at radius 2 is 2.29 bits per heavy atom. The number of primary amides is 1. The number of carbonyl (C=O) groups is 1. The topological polar surface area (TPSA) is 73.6 Å². The molecule has 0 saturated carbocycles. The highest BCUT2D eigenvalue weighted by Crippen LogP contribution is 2.13. The van der Waals surface area contributed by atoms with E-state index in [1.54, 1.807) is 0 Å². The minimum absolute atomic E-state index is 0.249. The van der Waals surface area contributed by atoms with Crippen LogP contribution < -0.4 is 11.1 Å². The number of nitrogens with two attached hydrogens (primary N) is 1. The van der Waals surface area contributed by atoms with E-state index in [1.165, 1.54) is 0 Å². The molecule has 5 nitrogen and oxygen atoms in total. The van der Waals surface area contributed by atoms with E-state index in [1.807, 2.05) is 6.92 Å². The maximum absolute atomic E-state index is 11.4. The maximum atomic E-state index is 11.4. The molecule has 100 valence electrons. The average molecular weight is 244 g/mol. The lowest BCUT2D eigenvalue weighted by Gasteiger charge is -2.29. The largest absolute Gasteiger partial charge is 0.376 e. The van der Waals surface area contributed by atoms with Gasteiger partial charge < -0.3 is 20.5 Å². The summed E-state index contributed by atoms with van der Waals surface area (Å²) in [6.45, 7) is 6.77. The van der Waals surface area contributed by atoms with Gasteiger partial charge in [-0.15, -0.1) is 0 Å². The summed E-state index contributed by atoms with van der Waals surface area (Å²) in [7, 11) is 0. The van der Waals surface area contributed by atoms with Crippen molar-refractivity contribution in [3.05, 3.63) is 0 Å². The van der Waals surface area contributed by atoms with E-state index >= 15 is 0 Å². The Morgan fingerprint density at radius 3 is 2.76 bits per heavy atom. The van der Waals surface area contributed by atoms with Gasteiger partial charge in [-0.1, -0.05) is 6.92 Å². The van der Waals surface area contributed by atoms with Gasteiger partial charge in [-0.25, -0.2) is 0 Å². The fourth-order valence-electron chi connectivity index (χ4n) is 1.69. The first-order valence-corrected chi connectivity index (χ1v) is 6.33. The molecule has 17 heavy (non-hydrogen) atoms. The molecule has 3 N–H and O–H groups in total. The van der Waals surface area contributed by atoms with Crippen molar-refractivity contribution in [1.82, 2.24) is 5.32 Å². The van der Waals surface area contributed by atoms with E-state index in [2.05, 4.69) is 12.2 Å². The summed E-state index contributed by atoms with van der Waals surface area (Å²) < 4.78 is 10.6. The molecule has 0 radical (unpaired) electrons. The molecule has 0 bridgehead atoms. The molecule has 0 spiro atoms. The van der Waals surface area contributed by atoms with Crippen molar-refractivity contribution < 1.29 is 14.3 Å². The zero-order valence-corrected chi connectivity index (χ0v) is 10.8. The van der Waals surface area contributed by atoms with Crippen LogP contribution in [0.5, 0.6) is 0 Å². The zero-order chi connectivity index (χ0) is 12.7. The van der Waals surface area contributed by atoms with Crippen LogP contribution in [-0.2, 0) is 14.3 Å². The summed E-state index contributed by atoms with van der Waals surface area (Å²) in [5.74, 6) is -0.294. The van der Waals surface area contributed by atoms with Crippen molar-refractivity contribution in [1.29, 1.82) is 0 Å². The van der Waals surface area contributed by atoms with Crippen LogP contribution in [-0.4, -0.2) is 43.9 Å². The molecule has 0 aliphatic carbocycles. The zero-order valence-electron chi connectivity index (χ0n) is 10.8. The number of amides is 1. The first-order chi connectivity index (χ1) is 8.08. The van der Waals surface area contributed by atoms with Gasteiger partial charge in [0.2, 0.25) is 5.91 Å². The molecule has 1 amide bonds.